The molecule has 1 fully saturated rings. The minimum atomic E-state index is -1.07. The molecule has 1 N–H and O–H groups in total. The van der Waals surface area contributed by atoms with Gasteiger partial charge in [0, 0.05) is 19.5 Å². The highest BCUT2D eigenvalue weighted by atomic mass is 16.5. The van der Waals surface area contributed by atoms with Crippen molar-refractivity contribution in [3.05, 3.63) is 0 Å². The summed E-state index contributed by atoms with van der Waals surface area (Å²) in [4.78, 5) is 24.3. The molecule has 1 saturated heterocycles. The van der Waals surface area contributed by atoms with Gasteiger partial charge in [0.1, 0.15) is 6.10 Å². The first-order chi connectivity index (χ1) is 7.65. The van der Waals surface area contributed by atoms with Crippen molar-refractivity contribution in [2.45, 2.75) is 38.7 Å². The van der Waals surface area contributed by atoms with Crippen molar-refractivity contribution in [3.8, 4) is 0 Å². The molecule has 0 bridgehead atoms. The lowest BCUT2D eigenvalue weighted by atomic mass is 10.2. The highest BCUT2D eigenvalue weighted by Gasteiger charge is 2.25. The zero-order valence-corrected chi connectivity index (χ0v) is 9.65. The number of carbonyl (C=O) groups excluding carboxylic acids is 2. The Balaban J connectivity index is 2.25. The summed E-state index contributed by atoms with van der Waals surface area (Å²) >= 11 is 0. The highest BCUT2D eigenvalue weighted by molar-refractivity contribution is 5.81. The van der Waals surface area contributed by atoms with Crippen molar-refractivity contribution >= 4 is 11.9 Å². The molecule has 1 aliphatic heterocycles. The van der Waals surface area contributed by atoms with E-state index in [-0.39, 0.29) is 24.7 Å². The van der Waals surface area contributed by atoms with Gasteiger partial charge in [0.25, 0.3) is 5.91 Å². The molecule has 0 spiro atoms. The van der Waals surface area contributed by atoms with Crippen molar-refractivity contribution in [3.63, 3.8) is 0 Å². The van der Waals surface area contributed by atoms with Gasteiger partial charge >= 0.3 is 5.97 Å². The predicted octanol–water partition coefficient (Wildman–Crippen LogP) is 0.313. The molecule has 1 atom stereocenters. The van der Waals surface area contributed by atoms with Gasteiger partial charge in [-0.3, -0.25) is 9.59 Å². The summed E-state index contributed by atoms with van der Waals surface area (Å²) in [7, 11) is 0. The summed E-state index contributed by atoms with van der Waals surface area (Å²) in [6.07, 6.45) is 1.16. The largest absolute Gasteiger partial charge is 0.466 e. The van der Waals surface area contributed by atoms with Crippen LogP contribution in [-0.4, -0.2) is 47.7 Å². The average molecular weight is 229 g/mol. The number of amides is 1. The number of esters is 1. The first-order valence-corrected chi connectivity index (χ1v) is 5.77. The standard InChI is InChI=1S/C11H19NO4/c1-2-16-10(14)6-5-9(13)11(15)12-7-3-4-8-12/h9,13H,2-8H2,1H3. The molecule has 1 rings (SSSR count). The van der Waals surface area contributed by atoms with Crippen LogP contribution in [-0.2, 0) is 14.3 Å². The maximum absolute atomic E-state index is 11.6. The summed E-state index contributed by atoms with van der Waals surface area (Å²) in [5.74, 6) is -0.627. The first-order valence-electron chi connectivity index (χ1n) is 5.77. The lowest BCUT2D eigenvalue weighted by molar-refractivity contribution is -0.145. The van der Waals surface area contributed by atoms with E-state index in [0.29, 0.717) is 6.61 Å². The molecule has 92 valence electrons. The maximum atomic E-state index is 11.6. The molecule has 0 aromatic rings. The SMILES string of the molecule is CCOC(=O)CCC(O)C(=O)N1CCCC1. The van der Waals surface area contributed by atoms with Crippen LogP contribution in [0.5, 0.6) is 0 Å². The van der Waals surface area contributed by atoms with Gasteiger partial charge in [-0.1, -0.05) is 0 Å². The molecule has 0 aromatic carbocycles. The Morgan fingerprint density at radius 1 is 1.38 bits per heavy atom. The Bertz CT molecular complexity index is 248. The molecule has 5 heteroatoms. The number of aliphatic hydroxyl groups is 1. The second-order valence-electron chi connectivity index (χ2n) is 3.89. The van der Waals surface area contributed by atoms with Crippen LogP contribution in [0.1, 0.15) is 32.6 Å². The number of rotatable bonds is 5. The van der Waals surface area contributed by atoms with E-state index in [0.717, 1.165) is 25.9 Å². The van der Waals surface area contributed by atoms with Crippen LogP contribution in [0.3, 0.4) is 0 Å². The molecule has 0 aliphatic carbocycles. The maximum Gasteiger partial charge on any atom is 0.305 e. The molecular weight excluding hydrogens is 210 g/mol. The molecule has 5 nitrogen and oxygen atoms in total. The summed E-state index contributed by atoms with van der Waals surface area (Å²) in [5, 5.41) is 9.60. The Morgan fingerprint density at radius 3 is 2.56 bits per heavy atom. The molecular formula is C11H19NO4. The van der Waals surface area contributed by atoms with E-state index in [1.54, 1.807) is 11.8 Å². The van der Waals surface area contributed by atoms with Gasteiger partial charge in [0.05, 0.1) is 6.61 Å². The summed E-state index contributed by atoms with van der Waals surface area (Å²) in [6, 6.07) is 0. The average Bonchev–Trinajstić information content (AvgIpc) is 2.78. The monoisotopic (exact) mass is 229 g/mol. The summed E-state index contributed by atoms with van der Waals surface area (Å²) < 4.78 is 4.72. The third-order valence-corrected chi connectivity index (χ3v) is 2.63. The van der Waals surface area contributed by atoms with Crippen molar-refractivity contribution in [2.24, 2.45) is 0 Å². The van der Waals surface area contributed by atoms with Crippen molar-refractivity contribution in [1.29, 1.82) is 0 Å². The lowest BCUT2D eigenvalue weighted by Crippen LogP contribution is -2.37. The van der Waals surface area contributed by atoms with E-state index in [1.807, 2.05) is 0 Å². The van der Waals surface area contributed by atoms with Gasteiger partial charge in [-0.2, -0.15) is 0 Å². The Labute approximate surface area is 95.4 Å². The summed E-state index contributed by atoms with van der Waals surface area (Å²) in [5.41, 5.74) is 0. The molecule has 1 aliphatic rings. The normalized spacial score (nSPS) is 17.2. The first kappa shape index (κ1) is 13.0. The number of aliphatic hydroxyl groups excluding tert-OH is 1. The second kappa shape index (κ2) is 6.48. The lowest BCUT2D eigenvalue weighted by Gasteiger charge is -2.18. The van der Waals surface area contributed by atoms with Crippen LogP contribution >= 0.6 is 0 Å². The number of carbonyl (C=O) groups is 2. The van der Waals surface area contributed by atoms with E-state index in [2.05, 4.69) is 0 Å². The zero-order chi connectivity index (χ0) is 12.0. The van der Waals surface area contributed by atoms with Gasteiger partial charge in [-0.15, -0.1) is 0 Å². The predicted molar refractivity (Wildman–Crippen MR) is 57.7 cm³/mol. The fourth-order valence-electron chi connectivity index (χ4n) is 1.76. The number of hydrogen-bond acceptors (Lipinski definition) is 4. The smallest absolute Gasteiger partial charge is 0.305 e. The highest BCUT2D eigenvalue weighted by Crippen LogP contribution is 2.11. The Morgan fingerprint density at radius 2 is 2.00 bits per heavy atom. The van der Waals surface area contributed by atoms with E-state index in [1.165, 1.54) is 0 Å². The third kappa shape index (κ3) is 3.81. The fourth-order valence-corrected chi connectivity index (χ4v) is 1.76. The van der Waals surface area contributed by atoms with Crippen LogP contribution in [0, 0.1) is 0 Å². The third-order valence-electron chi connectivity index (χ3n) is 2.63. The van der Waals surface area contributed by atoms with Crippen LogP contribution in [0.25, 0.3) is 0 Å². The van der Waals surface area contributed by atoms with E-state index in [4.69, 9.17) is 4.74 Å². The summed E-state index contributed by atoms with van der Waals surface area (Å²) in [6.45, 7) is 3.49. The van der Waals surface area contributed by atoms with E-state index >= 15 is 0 Å². The van der Waals surface area contributed by atoms with Crippen LogP contribution in [0.15, 0.2) is 0 Å². The Hall–Kier alpha value is -1.10. The number of ether oxygens (including phenoxy) is 1. The van der Waals surface area contributed by atoms with Gasteiger partial charge < -0.3 is 14.7 Å². The Kier molecular flexibility index (Phi) is 5.25. The van der Waals surface area contributed by atoms with Crippen molar-refractivity contribution in [2.75, 3.05) is 19.7 Å². The second-order valence-corrected chi connectivity index (χ2v) is 3.89. The molecule has 1 unspecified atom stereocenters. The van der Waals surface area contributed by atoms with Crippen LogP contribution in [0.2, 0.25) is 0 Å². The quantitative estimate of drug-likeness (QED) is 0.689. The van der Waals surface area contributed by atoms with Gasteiger partial charge in [-0.25, -0.2) is 0 Å². The van der Waals surface area contributed by atoms with Gasteiger partial charge in [0.15, 0.2) is 0 Å². The molecule has 0 radical (unpaired) electrons. The van der Waals surface area contributed by atoms with Crippen molar-refractivity contribution in [1.82, 2.24) is 4.90 Å². The minimum absolute atomic E-state index is 0.0919. The van der Waals surface area contributed by atoms with Gasteiger partial charge in [-0.05, 0) is 26.2 Å². The number of likely N-dealkylation sites (tertiary alicyclic amines) is 1. The van der Waals surface area contributed by atoms with Crippen LogP contribution < -0.4 is 0 Å². The fraction of sp³-hybridized carbons (Fsp3) is 0.818. The van der Waals surface area contributed by atoms with Crippen LogP contribution in [0.4, 0.5) is 0 Å². The molecule has 0 aromatic heterocycles. The topological polar surface area (TPSA) is 66.8 Å². The van der Waals surface area contributed by atoms with Crippen molar-refractivity contribution < 1.29 is 19.4 Å². The number of hydrogen-bond donors (Lipinski definition) is 1. The zero-order valence-electron chi connectivity index (χ0n) is 9.65. The number of nitrogens with zero attached hydrogens (tertiary/aromatic N) is 1. The molecule has 1 heterocycles. The molecule has 16 heavy (non-hydrogen) atoms. The molecule has 1 amide bonds. The van der Waals surface area contributed by atoms with Gasteiger partial charge in [0.2, 0.25) is 0 Å². The van der Waals surface area contributed by atoms with E-state index in [9.17, 15) is 14.7 Å². The molecule has 0 saturated carbocycles. The van der Waals surface area contributed by atoms with E-state index < -0.39 is 6.10 Å². The minimum Gasteiger partial charge on any atom is -0.466 e.